The van der Waals surface area contributed by atoms with Gasteiger partial charge in [0, 0.05) is 27.1 Å². The van der Waals surface area contributed by atoms with E-state index in [1.54, 1.807) is 0 Å². The second-order valence-corrected chi connectivity index (χ2v) is 13.1. The van der Waals surface area contributed by atoms with Gasteiger partial charge >= 0.3 is 0 Å². The molecular weight excluding hydrogens is 614 g/mol. The number of amides is 1. The average Bonchev–Trinajstić information content (AvgIpc) is 3.37. The zero-order valence-corrected chi connectivity index (χ0v) is 27.3. The van der Waals surface area contributed by atoms with Crippen molar-refractivity contribution in [3.63, 3.8) is 0 Å². The fourth-order valence-corrected chi connectivity index (χ4v) is 8.11. The van der Waals surface area contributed by atoms with Crippen molar-refractivity contribution in [3.05, 3.63) is 171 Å². The molecule has 0 radical (unpaired) electrons. The third-order valence-electron chi connectivity index (χ3n) is 9.71. The molecule has 2 atom stereocenters. The van der Waals surface area contributed by atoms with Crippen LogP contribution in [0.5, 0.6) is 0 Å². The van der Waals surface area contributed by atoms with Gasteiger partial charge in [-0.05, 0) is 102 Å². The Morgan fingerprint density at radius 2 is 1.76 bits per heavy atom. The van der Waals surface area contributed by atoms with Crippen molar-refractivity contribution in [3.8, 4) is 0 Å². The average molecular weight is 653 g/mol. The Hall–Kier alpha value is -4.21. The smallest absolute Gasteiger partial charge is 0.256 e. The molecule has 224 valence electrons. The van der Waals surface area contributed by atoms with Crippen molar-refractivity contribution in [2.75, 3.05) is 0 Å². The molecule has 3 aromatic rings. The van der Waals surface area contributed by atoms with Gasteiger partial charge in [-0.1, -0.05) is 131 Å². The third-order valence-corrected chi connectivity index (χ3v) is 10.4. The Morgan fingerprint density at radius 3 is 2.60 bits per heavy atom. The molecule has 3 heteroatoms. The first-order chi connectivity index (χ1) is 22.1. The molecular formula is C42H38BrNO. The van der Waals surface area contributed by atoms with Crippen molar-refractivity contribution in [1.29, 1.82) is 0 Å². The standard InChI is InChI=1S/C42H38BrNO/c1-2-3-4-14-27-42(30-15-6-5-7-16-30)37-21-12-10-19-33(37)34-24-23-29(28-38(34)42)31-17-11-13-22-40(31)44-41(45)36-25-26-39(43)35-20-9-8-18-32(35)36/h2-4,6,8-12,14-21,24-26,28-29H,5,7,13,22-23,27H2,1H3,(H,44,45)/b3-2-,14-4-. The number of fused-ring (bicyclic) bond motifs is 4. The van der Waals surface area contributed by atoms with Gasteiger partial charge < -0.3 is 5.32 Å². The molecule has 0 saturated heterocycles. The van der Waals surface area contributed by atoms with Gasteiger partial charge in [0.25, 0.3) is 5.91 Å². The number of carbonyl (C=O) groups is 1. The Balaban J connectivity index is 1.31. The molecule has 1 N–H and O–H groups in total. The first kappa shape index (κ1) is 29.5. The van der Waals surface area contributed by atoms with E-state index in [2.05, 4.69) is 125 Å². The van der Waals surface area contributed by atoms with E-state index < -0.39 is 0 Å². The van der Waals surface area contributed by atoms with Crippen LogP contribution in [-0.4, -0.2) is 5.91 Å². The van der Waals surface area contributed by atoms with E-state index in [4.69, 9.17) is 0 Å². The normalized spacial score (nSPS) is 22.4. The Kier molecular flexibility index (Phi) is 8.29. The third kappa shape index (κ3) is 5.27. The van der Waals surface area contributed by atoms with E-state index >= 15 is 0 Å². The Bertz CT molecular complexity index is 1930. The highest BCUT2D eigenvalue weighted by Gasteiger charge is 2.47. The Labute approximate surface area is 275 Å². The predicted molar refractivity (Wildman–Crippen MR) is 192 cm³/mol. The van der Waals surface area contributed by atoms with Crippen LogP contribution in [0.25, 0.3) is 16.3 Å². The lowest BCUT2D eigenvalue weighted by atomic mass is 9.66. The highest BCUT2D eigenvalue weighted by Crippen LogP contribution is 2.58. The minimum Gasteiger partial charge on any atom is -0.325 e. The summed E-state index contributed by atoms with van der Waals surface area (Å²) in [4.78, 5) is 13.8. The molecule has 0 heterocycles. The molecule has 0 spiro atoms. The lowest BCUT2D eigenvalue weighted by Crippen LogP contribution is -2.29. The minimum absolute atomic E-state index is 0.0459. The number of rotatable bonds is 7. The summed E-state index contributed by atoms with van der Waals surface area (Å²) >= 11 is 3.66. The lowest BCUT2D eigenvalue weighted by molar-refractivity contribution is 0.0965. The Morgan fingerprint density at radius 1 is 0.933 bits per heavy atom. The van der Waals surface area contributed by atoms with Crippen LogP contribution in [0, 0.1) is 5.92 Å². The first-order valence-corrected chi connectivity index (χ1v) is 17.0. The van der Waals surface area contributed by atoms with E-state index in [0.29, 0.717) is 5.56 Å². The maximum atomic E-state index is 13.8. The predicted octanol–water partition coefficient (Wildman–Crippen LogP) is 11.0. The van der Waals surface area contributed by atoms with Gasteiger partial charge in [0.05, 0.1) is 0 Å². The summed E-state index contributed by atoms with van der Waals surface area (Å²) in [5.74, 6) is 0.133. The van der Waals surface area contributed by atoms with Crippen LogP contribution in [0.4, 0.5) is 0 Å². The molecule has 0 saturated carbocycles. The number of halogens is 1. The van der Waals surface area contributed by atoms with Crippen molar-refractivity contribution in [1.82, 2.24) is 5.32 Å². The van der Waals surface area contributed by atoms with Crippen LogP contribution in [0.2, 0.25) is 0 Å². The molecule has 0 aromatic heterocycles. The van der Waals surface area contributed by atoms with Crippen molar-refractivity contribution in [2.45, 2.75) is 50.9 Å². The monoisotopic (exact) mass is 651 g/mol. The zero-order valence-electron chi connectivity index (χ0n) is 25.7. The molecule has 45 heavy (non-hydrogen) atoms. The molecule has 1 amide bonds. The van der Waals surface area contributed by atoms with E-state index in [0.717, 1.165) is 59.5 Å². The maximum absolute atomic E-state index is 13.8. The molecule has 0 aliphatic heterocycles. The highest BCUT2D eigenvalue weighted by atomic mass is 79.9. The summed E-state index contributed by atoms with van der Waals surface area (Å²) in [5.41, 5.74) is 9.64. The van der Waals surface area contributed by atoms with Crippen LogP contribution in [0.1, 0.15) is 66.9 Å². The van der Waals surface area contributed by atoms with Gasteiger partial charge in [-0.3, -0.25) is 4.79 Å². The van der Waals surface area contributed by atoms with E-state index in [-0.39, 0.29) is 17.2 Å². The number of carbonyl (C=O) groups excluding carboxylic acids is 1. The van der Waals surface area contributed by atoms with Gasteiger partial charge in [-0.25, -0.2) is 0 Å². The van der Waals surface area contributed by atoms with Gasteiger partial charge in [-0.2, -0.15) is 0 Å². The van der Waals surface area contributed by atoms with Crippen LogP contribution in [0.15, 0.2) is 154 Å². The number of hydrogen-bond donors (Lipinski definition) is 1. The van der Waals surface area contributed by atoms with Gasteiger partial charge in [-0.15, -0.1) is 0 Å². The molecule has 0 fully saturated rings. The largest absolute Gasteiger partial charge is 0.325 e. The SMILES string of the molecule is C/C=C\C=C/CC1(C2=CCCC=C2)C2=CC(C3=C(NC(=O)c4ccc(Br)c5ccccc45)CCC=C3)CC=C2c2ccccc21. The summed E-state index contributed by atoms with van der Waals surface area (Å²) in [7, 11) is 0. The summed E-state index contributed by atoms with van der Waals surface area (Å²) in [5, 5.41) is 5.39. The molecule has 7 rings (SSSR count). The molecule has 3 aromatic carbocycles. The van der Waals surface area contributed by atoms with Crippen molar-refractivity contribution in [2.24, 2.45) is 5.92 Å². The number of nitrogens with one attached hydrogen (secondary N) is 1. The molecule has 4 aliphatic carbocycles. The van der Waals surface area contributed by atoms with Crippen LogP contribution in [-0.2, 0) is 5.41 Å². The number of benzene rings is 3. The van der Waals surface area contributed by atoms with E-state index in [1.165, 1.54) is 33.4 Å². The van der Waals surface area contributed by atoms with Gasteiger partial charge in [0.15, 0.2) is 0 Å². The van der Waals surface area contributed by atoms with E-state index in [1.807, 2.05) is 30.3 Å². The van der Waals surface area contributed by atoms with Gasteiger partial charge in [0.2, 0.25) is 0 Å². The van der Waals surface area contributed by atoms with E-state index in [9.17, 15) is 4.79 Å². The second-order valence-electron chi connectivity index (χ2n) is 12.3. The van der Waals surface area contributed by atoms with Crippen molar-refractivity contribution >= 4 is 38.2 Å². The quantitative estimate of drug-likeness (QED) is 0.253. The molecule has 2 unspecified atom stereocenters. The molecule has 2 nitrogen and oxygen atoms in total. The fraction of sp³-hybridized carbons (Fsp3) is 0.214. The maximum Gasteiger partial charge on any atom is 0.256 e. The molecule has 0 bridgehead atoms. The van der Waals surface area contributed by atoms with Crippen LogP contribution < -0.4 is 5.32 Å². The van der Waals surface area contributed by atoms with Crippen molar-refractivity contribution < 1.29 is 4.79 Å². The second kappa shape index (κ2) is 12.7. The molecule has 4 aliphatic rings. The zero-order chi connectivity index (χ0) is 30.8. The van der Waals surface area contributed by atoms with Crippen LogP contribution >= 0.6 is 15.9 Å². The topological polar surface area (TPSA) is 29.1 Å². The van der Waals surface area contributed by atoms with Crippen LogP contribution in [0.3, 0.4) is 0 Å². The summed E-state index contributed by atoms with van der Waals surface area (Å²) in [6.07, 6.45) is 31.1. The van der Waals surface area contributed by atoms with Gasteiger partial charge in [0.1, 0.15) is 0 Å². The highest BCUT2D eigenvalue weighted by molar-refractivity contribution is 9.10. The lowest BCUT2D eigenvalue weighted by Gasteiger charge is -2.36. The first-order valence-electron chi connectivity index (χ1n) is 16.2. The summed E-state index contributed by atoms with van der Waals surface area (Å²) in [6.45, 7) is 2.06. The summed E-state index contributed by atoms with van der Waals surface area (Å²) in [6, 6.07) is 21.0. The number of allylic oxidation sites excluding steroid dienone is 16. The minimum atomic E-state index is -0.241. The summed E-state index contributed by atoms with van der Waals surface area (Å²) < 4.78 is 0.996. The number of hydrogen-bond acceptors (Lipinski definition) is 1. The fourth-order valence-electron chi connectivity index (χ4n) is 7.64.